The number of rotatable bonds is 43. The average molecular weight is 823 g/mol. The fourth-order valence-electron chi connectivity index (χ4n) is 6.50. The first-order valence-electron chi connectivity index (χ1n) is 24.4. The molecule has 6 nitrogen and oxygen atoms in total. The Morgan fingerprint density at radius 1 is 0.356 bits per heavy atom. The molecule has 6 heteroatoms. The van der Waals surface area contributed by atoms with Crippen LogP contribution in [-0.4, -0.2) is 37.2 Å². The van der Waals surface area contributed by atoms with E-state index >= 15 is 0 Å². The lowest BCUT2D eigenvalue weighted by Crippen LogP contribution is -2.30. The van der Waals surface area contributed by atoms with Gasteiger partial charge in [0.1, 0.15) is 13.2 Å². The van der Waals surface area contributed by atoms with Crippen LogP contribution in [0.15, 0.2) is 72.9 Å². The number of unbranched alkanes of at least 4 members (excludes halogenated alkanes) is 20. The summed E-state index contributed by atoms with van der Waals surface area (Å²) >= 11 is 0. The molecule has 0 aliphatic carbocycles. The number of esters is 3. The Balaban J connectivity index is 4.48. The van der Waals surface area contributed by atoms with Crippen LogP contribution in [-0.2, 0) is 28.6 Å². The lowest BCUT2D eigenvalue weighted by molar-refractivity contribution is -0.166. The van der Waals surface area contributed by atoms with Gasteiger partial charge in [-0.25, -0.2) is 0 Å². The molecule has 59 heavy (non-hydrogen) atoms. The standard InChI is InChI=1S/C53H90O6/c1-4-7-10-13-16-19-22-25-26-27-29-31-34-37-40-43-46-52(55)58-49-50(48-57-51(54)45-42-39-36-33-30-24-21-18-15-12-9-6-3)59-53(56)47-44-41-38-35-32-28-23-20-17-14-11-8-5-2/h8,11,17-18,20-21,26-28,32,38,41,50H,4-7,9-10,12-16,19,22-25,29-31,33-37,39-40,42-49H2,1-3H3/b11-8-,20-17-,21-18-,27-26-,32-28-,41-38-. The molecule has 1 unspecified atom stereocenters. The Morgan fingerprint density at radius 3 is 1.14 bits per heavy atom. The minimum Gasteiger partial charge on any atom is -0.462 e. The van der Waals surface area contributed by atoms with Crippen molar-refractivity contribution >= 4 is 17.9 Å². The summed E-state index contributed by atoms with van der Waals surface area (Å²) < 4.78 is 16.7. The zero-order valence-electron chi connectivity index (χ0n) is 38.5. The van der Waals surface area contributed by atoms with Crippen LogP contribution < -0.4 is 0 Å². The highest BCUT2D eigenvalue weighted by Gasteiger charge is 2.19. The van der Waals surface area contributed by atoms with Gasteiger partial charge in [0.15, 0.2) is 6.10 Å². The highest BCUT2D eigenvalue weighted by Crippen LogP contribution is 2.13. The van der Waals surface area contributed by atoms with E-state index in [1.807, 2.05) is 12.2 Å². The van der Waals surface area contributed by atoms with Gasteiger partial charge in [-0.2, -0.15) is 0 Å². The predicted octanol–water partition coefficient (Wildman–Crippen LogP) is 15.9. The van der Waals surface area contributed by atoms with Crippen LogP contribution in [0.1, 0.15) is 226 Å². The zero-order valence-corrected chi connectivity index (χ0v) is 38.5. The molecule has 338 valence electrons. The maximum atomic E-state index is 12.7. The van der Waals surface area contributed by atoms with Crippen LogP contribution in [0.5, 0.6) is 0 Å². The van der Waals surface area contributed by atoms with E-state index in [0.29, 0.717) is 19.3 Å². The molecular formula is C53H90O6. The summed E-state index contributed by atoms with van der Waals surface area (Å²) in [7, 11) is 0. The molecule has 0 bridgehead atoms. The quantitative estimate of drug-likeness (QED) is 0.0264. The molecule has 0 saturated heterocycles. The van der Waals surface area contributed by atoms with Crippen molar-refractivity contribution in [2.45, 2.75) is 232 Å². The van der Waals surface area contributed by atoms with Crippen LogP contribution in [0.4, 0.5) is 0 Å². The van der Waals surface area contributed by atoms with E-state index in [0.717, 1.165) is 89.9 Å². The van der Waals surface area contributed by atoms with Crippen molar-refractivity contribution in [3.8, 4) is 0 Å². The maximum Gasteiger partial charge on any atom is 0.306 e. The van der Waals surface area contributed by atoms with Crippen molar-refractivity contribution in [1.82, 2.24) is 0 Å². The van der Waals surface area contributed by atoms with E-state index in [2.05, 4.69) is 81.5 Å². The summed E-state index contributed by atoms with van der Waals surface area (Å²) in [5.41, 5.74) is 0. The first-order chi connectivity index (χ1) is 29.0. The van der Waals surface area contributed by atoms with Crippen LogP contribution in [0, 0.1) is 0 Å². The van der Waals surface area contributed by atoms with Crippen LogP contribution in [0.2, 0.25) is 0 Å². The third-order valence-electron chi connectivity index (χ3n) is 10.2. The zero-order chi connectivity index (χ0) is 43.0. The van der Waals surface area contributed by atoms with Crippen molar-refractivity contribution < 1.29 is 28.6 Å². The van der Waals surface area contributed by atoms with E-state index < -0.39 is 12.1 Å². The van der Waals surface area contributed by atoms with Crippen molar-refractivity contribution in [3.63, 3.8) is 0 Å². The van der Waals surface area contributed by atoms with E-state index in [1.54, 1.807) is 0 Å². The largest absolute Gasteiger partial charge is 0.462 e. The van der Waals surface area contributed by atoms with E-state index in [4.69, 9.17) is 14.2 Å². The van der Waals surface area contributed by atoms with E-state index in [1.165, 1.54) is 89.9 Å². The van der Waals surface area contributed by atoms with Gasteiger partial charge in [0, 0.05) is 19.3 Å². The van der Waals surface area contributed by atoms with Gasteiger partial charge >= 0.3 is 17.9 Å². The third kappa shape index (κ3) is 45.8. The second-order valence-corrected chi connectivity index (χ2v) is 16.0. The lowest BCUT2D eigenvalue weighted by Gasteiger charge is -2.18. The molecule has 0 aromatic heterocycles. The highest BCUT2D eigenvalue weighted by atomic mass is 16.6. The third-order valence-corrected chi connectivity index (χ3v) is 10.2. The number of allylic oxidation sites excluding steroid dienone is 12. The molecule has 0 spiro atoms. The first-order valence-corrected chi connectivity index (χ1v) is 24.4. The molecule has 0 aliphatic heterocycles. The summed E-state index contributed by atoms with van der Waals surface area (Å²) in [6.45, 7) is 6.41. The minimum absolute atomic E-state index is 0.111. The average Bonchev–Trinajstić information content (AvgIpc) is 3.23. The second-order valence-electron chi connectivity index (χ2n) is 16.0. The summed E-state index contributed by atoms with van der Waals surface area (Å²) in [6.07, 6.45) is 59.0. The smallest absolute Gasteiger partial charge is 0.306 e. The summed E-state index contributed by atoms with van der Waals surface area (Å²) in [6, 6.07) is 0. The van der Waals surface area contributed by atoms with Crippen molar-refractivity contribution in [1.29, 1.82) is 0 Å². The summed E-state index contributed by atoms with van der Waals surface area (Å²) in [4.78, 5) is 37.8. The molecule has 0 rings (SSSR count). The molecule has 0 amide bonds. The van der Waals surface area contributed by atoms with Gasteiger partial charge in [-0.05, 0) is 96.3 Å². The molecule has 0 saturated carbocycles. The van der Waals surface area contributed by atoms with Crippen LogP contribution >= 0.6 is 0 Å². The Labute approximate surface area is 363 Å². The van der Waals surface area contributed by atoms with E-state index in [9.17, 15) is 14.4 Å². The number of hydrogen-bond donors (Lipinski definition) is 0. The van der Waals surface area contributed by atoms with Gasteiger partial charge in [-0.15, -0.1) is 0 Å². The fraction of sp³-hybridized carbons (Fsp3) is 0.717. The number of hydrogen-bond acceptors (Lipinski definition) is 6. The molecule has 0 fully saturated rings. The molecule has 0 N–H and O–H groups in total. The predicted molar refractivity (Wildman–Crippen MR) is 251 cm³/mol. The normalized spacial score (nSPS) is 12.7. The lowest BCUT2D eigenvalue weighted by atomic mass is 10.1. The molecule has 0 aliphatic rings. The SMILES string of the molecule is CC/C=C\C/C=C\C/C=C\C/C=C\CCC(=O)OC(COC(=O)CCCCCCC/C=C\CCCCC)COC(=O)CCCCCCC/C=C\CCCCCCCCC. The van der Waals surface area contributed by atoms with Gasteiger partial charge in [-0.3, -0.25) is 14.4 Å². The number of ether oxygens (including phenoxy) is 3. The molecule has 0 radical (unpaired) electrons. The summed E-state index contributed by atoms with van der Waals surface area (Å²) in [5, 5.41) is 0. The Morgan fingerprint density at radius 2 is 0.695 bits per heavy atom. The molecule has 1 atom stereocenters. The highest BCUT2D eigenvalue weighted by molar-refractivity contribution is 5.71. The van der Waals surface area contributed by atoms with Gasteiger partial charge in [0.05, 0.1) is 0 Å². The topological polar surface area (TPSA) is 78.9 Å². The number of carbonyl (C=O) groups is 3. The second kappa shape index (κ2) is 47.5. The monoisotopic (exact) mass is 823 g/mol. The van der Waals surface area contributed by atoms with E-state index in [-0.39, 0.29) is 31.6 Å². The molecule has 0 heterocycles. The van der Waals surface area contributed by atoms with Crippen LogP contribution in [0.25, 0.3) is 0 Å². The van der Waals surface area contributed by atoms with Gasteiger partial charge in [0.25, 0.3) is 0 Å². The van der Waals surface area contributed by atoms with Gasteiger partial charge in [0.2, 0.25) is 0 Å². The van der Waals surface area contributed by atoms with Crippen molar-refractivity contribution in [2.24, 2.45) is 0 Å². The Bertz CT molecular complexity index is 1130. The first kappa shape index (κ1) is 55.9. The van der Waals surface area contributed by atoms with Crippen LogP contribution in [0.3, 0.4) is 0 Å². The fourth-order valence-corrected chi connectivity index (χ4v) is 6.50. The number of carbonyl (C=O) groups excluding carboxylic acids is 3. The van der Waals surface area contributed by atoms with Gasteiger partial charge in [-0.1, -0.05) is 184 Å². The van der Waals surface area contributed by atoms with Crippen molar-refractivity contribution in [2.75, 3.05) is 13.2 Å². The molecular weight excluding hydrogens is 733 g/mol. The maximum absolute atomic E-state index is 12.7. The Kier molecular flexibility index (Phi) is 45.0. The minimum atomic E-state index is -0.818. The summed E-state index contributed by atoms with van der Waals surface area (Å²) in [5.74, 6) is -1.01. The Hall–Kier alpha value is -3.15. The van der Waals surface area contributed by atoms with Gasteiger partial charge < -0.3 is 14.2 Å². The molecule has 0 aromatic carbocycles. The van der Waals surface area contributed by atoms with Crippen molar-refractivity contribution in [3.05, 3.63) is 72.9 Å². The molecule has 0 aromatic rings.